The van der Waals surface area contributed by atoms with Crippen LogP contribution in [0.15, 0.2) is 30.3 Å². The summed E-state index contributed by atoms with van der Waals surface area (Å²) in [7, 11) is 1.66. The molecule has 0 amide bonds. The lowest BCUT2D eigenvalue weighted by molar-refractivity contribution is 0.415. The van der Waals surface area contributed by atoms with E-state index in [2.05, 4.69) is 12.2 Å². The SMILES string of the molecule is COc1ccc2c(O)cc3c(c2c1)C=CCC3. The van der Waals surface area contributed by atoms with Gasteiger partial charge in [-0.1, -0.05) is 12.2 Å². The molecule has 0 radical (unpaired) electrons. The van der Waals surface area contributed by atoms with Crippen molar-refractivity contribution in [2.45, 2.75) is 12.8 Å². The highest BCUT2D eigenvalue weighted by Crippen LogP contribution is 2.36. The molecule has 0 bridgehead atoms. The molecule has 2 heteroatoms. The zero-order valence-corrected chi connectivity index (χ0v) is 9.73. The van der Waals surface area contributed by atoms with Crippen LogP contribution in [0.4, 0.5) is 0 Å². The van der Waals surface area contributed by atoms with Crippen LogP contribution in [-0.2, 0) is 6.42 Å². The summed E-state index contributed by atoms with van der Waals surface area (Å²) in [5, 5.41) is 12.0. The first-order valence-corrected chi connectivity index (χ1v) is 5.79. The molecule has 0 fully saturated rings. The van der Waals surface area contributed by atoms with Crippen molar-refractivity contribution < 1.29 is 9.84 Å². The monoisotopic (exact) mass is 226 g/mol. The number of ether oxygens (including phenoxy) is 1. The van der Waals surface area contributed by atoms with E-state index < -0.39 is 0 Å². The second kappa shape index (κ2) is 3.81. The van der Waals surface area contributed by atoms with Crippen LogP contribution in [0.3, 0.4) is 0 Å². The molecule has 2 nitrogen and oxygen atoms in total. The zero-order chi connectivity index (χ0) is 11.8. The van der Waals surface area contributed by atoms with E-state index in [1.165, 1.54) is 11.1 Å². The van der Waals surface area contributed by atoms with Gasteiger partial charge in [0.2, 0.25) is 0 Å². The number of benzene rings is 2. The van der Waals surface area contributed by atoms with Gasteiger partial charge in [-0.25, -0.2) is 0 Å². The first-order chi connectivity index (χ1) is 8.29. The van der Waals surface area contributed by atoms with Gasteiger partial charge in [0, 0.05) is 5.39 Å². The molecule has 1 aliphatic carbocycles. The average molecular weight is 226 g/mol. The van der Waals surface area contributed by atoms with Crippen LogP contribution < -0.4 is 4.74 Å². The van der Waals surface area contributed by atoms with Gasteiger partial charge in [0.1, 0.15) is 11.5 Å². The molecule has 0 saturated heterocycles. The molecule has 1 aliphatic rings. The predicted molar refractivity (Wildman–Crippen MR) is 69.5 cm³/mol. The van der Waals surface area contributed by atoms with Crippen molar-refractivity contribution in [2.24, 2.45) is 0 Å². The number of rotatable bonds is 1. The lowest BCUT2D eigenvalue weighted by Gasteiger charge is -2.15. The van der Waals surface area contributed by atoms with Gasteiger partial charge in [0.25, 0.3) is 0 Å². The van der Waals surface area contributed by atoms with E-state index in [0.717, 1.165) is 29.4 Å². The van der Waals surface area contributed by atoms with Gasteiger partial charge < -0.3 is 9.84 Å². The summed E-state index contributed by atoms with van der Waals surface area (Å²) in [6.45, 7) is 0. The highest BCUT2D eigenvalue weighted by atomic mass is 16.5. The molecule has 0 spiro atoms. The van der Waals surface area contributed by atoms with E-state index in [4.69, 9.17) is 4.74 Å². The third-order valence-electron chi connectivity index (χ3n) is 3.31. The van der Waals surface area contributed by atoms with Crippen molar-refractivity contribution in [2.75, 3.05) is 7.11 Å². The highest BCUT2D eigenvalue weighted by molar-refractivity contribution is 5.97. The zero-order valence-electron chi connectivity index (χ0n) is 9.73. The fraction of sp³-hybridized carbons (Fsp3) is 0.200. The quantitative estimate of drug-likeness (QED) is 0.806. The van der Waals surface area contributed by atoms with Crippen molar-refractivity contribution in [3.8, 4) is 11.5 Å². The fourth-order valence-electron chi connectivity index (χ4n) is 2.43. The van der Waals surface area contributed by atoms with E-state index in [0.29, 0.717) is 5.75 Å². The number of aryl methyl sites for hydroxylation is 1. The second-order valence-electron chi connectivity index (χ2n) is 4.32. The number of phenols is 1. The molecule has 0 saturated carbocycles. The number of phenolic OH excluding ortho intramolecular Hbond substituents is 1. The minimum Gasteiger partial charge on any atom is -0.507 e. The Morgan fingerprint density at radius 2 is 2.06 bits per heavy atom. The number of hydrogen-bond acceptors (Lipinski definition) is 2. The van der Waals surface area contributed by atoms with Gasteiger partial charge in [-0.3, -0.25) is 0 Å². The Kier molecular flexibility index (Phi) is 2.29. The summed E-state index contributed by atoms with van der Waals surface area (Å²) in [5.74, 6) is 1.18. The Labute approximate surface area is 100 Å². The molecular formula is C15H14O2. The third kappa shape index (κ3) is 1.57. The van der Waals surface area contributed by atoms with Gasteiger partial charge in [-0.2, -0.15) is 0 Å². The first kappa shape index (κ1) is 10.2. The molecule has 0 heterocycles. The maximum Gasteiger partial charge on any atom is 0.123 e. The Balaban J connectivity index is 2.39. The predicted octanol–water partition coefficient (Wildman–Crippen LogP) is 3.51. The van der Waals surface area contributed by atoms with Crippen molar-refractivity contribution >= 4 is 16.8 Å². The standard InChI is InChI=1S/C15H14O2/c1-17-11-6-7-13-14(9-11)12-5-3-2-4-10(12)8-15(13)16/h3,5-9,16H,2,4H2,1H3. The van der Waals surface area contributed by atoms with Crippen LogP contribution >= 0.6 is 0 Å². The molecule has 2 aromatic carbocycles. The second-order valence-corrected chi connectivity index (χ2v) is 4.32. The maximum absolute atomic E-state index is 10.0. The van der Waals surface area contributed by atoms with E-state index in [-0.39, 0.29) is 0 Å². The summed E-state index contributed by atoms with van der Waals surface area (Å²) >= 11 is 0. The molecule has 2 aromatic rings. The van der Waals surface area contributed by atoms with Crippen molar-refractivity contribution in [3.63, 3.8) is 0 Å². The average Bonchev–Trinajstić information content (AvgIpc) is 2.38. The number of methoxy groups -OCH3 is 1. The molecule has 1 N–H and O–H groups in total. The summed E-state index contributed by atoms with van der Waals surface area (Å²) in [4.78, 5) is 0. The smallest absolute Gasteiger partial charge is 0.123 e. The Hall–Kier alpha value is -1.96. The van der Waals surface area contributed by atoms with Gasteiger partial charge in [0.05, 0.1) is 7.11 Å². The summed E-state index contributed by atoms with van der Waals surface area (Å²) in [6, 6.07) is 7.66. The van der Waals surface area contributed by atoms with E-state index >= 15 is 0 Å². The summed E-state index contributed by atoms with van der Waals surface area (Å²) in [6.07, 6.45) is 6.35. The van der Waals surface area contributed by atoms with Crippen molar-refractivity contribution in [1.82, 2.24) is 0 Å². The van der Waals surface area contributed by atoms with E-state index in [1.54, 1.807) is 7.11 Å². The minimum absolute atomic E-state index is 0.358. The molecule has 0 aliphatic heterocycles. The van der Waals surface area contributed by atoms with E-state index in [1.807, 2.05) is 24.3 Å². The van der Waals surface area contributed by atoms with Crippen LogP contribution in [-0.4, -0.2) is 12.2 Å². The lowest BCUT2D eigenvalue weighted by Crippen LogP contribution is -1.95. The largest absolute Gasteiger partial charge is 0.507 e. The van der Waals surface area contributed by atoms with Crippen LogP contribution in [0.1, 0.15) is 17.5 Å². The first-order valence-electron chi connectivity index (χ1n) is 5.79. The molecule has 0 atom stereocenters. The van der Waals surface area contributed by atoms with Gasteiger partial charge in [-0.15, -0.1) is 0 Å². The normalized spacial score (nSPS) is 13.7. The molecule has 0 aromatic heterocycles. The maximum atomic E-state index is 10.0. The molecule has 3 rings (SSSR count). The molecule has 0 unspecified atom stereocenters. The topological polar surface area (TPSA) is 29.5 Å². The van der Waals surface area contributed by atoms with Crippen molar-refractivity contribution in [3.05, 3.63) is 41.5 Å². The van der Waals surface area contributed by atoms with Gasteiger partial charge >= 0.3 is 0 Å². The fourth-order valence-corrected chi connectivity index (χ4v) is 2.43. The number of aromatic hydroxyl groups is 1. The molecule has 17 heavy (non-hydrogen) atoms. The number of allylic oxidation sites excluding steroid dienone is 1. The molecular weight excluding hydrogens is 212 g/mol. The van der Waals surface area contributed by atoms with Crippen LogP contribution in [0.25, 0.3) is 16.8 Å². The summed E-state index contributed by atoms with van der Waals surface area (Å²) in [5.41, 5.74) is 2.42. The van der Waals surface area contributed by atoms with Crippen LogP contribution in [0.2, 0.25) is 0 Å². The van der Waals surface area contributed by atoms with Crippen LogP contribution in [0.5, 0.6) is 11.5 Å². The highest BCUT2D eigenvalue weighted by Gasteiger charge is 2.12. The van der Waals surface area contributed by atoms with Crippen molar-refractivity contribution in [1.29, 1.82) is 0 Å². The Morgan fingerprint density at radius 1 is 1.18 bits per heavy atom. The summed E-state index contributed by atoms with van der Waals surface area (Å²) < 4.78 is 5.25. The Bertz CT molecular complexity index is 612. The molecule has 86 valence electrons. The van der Waals surface area contributed by atoms with Gasteiger partial charge in [-0.05, 0) is 53.6 Å². The van der Waals surface area contributed by atoms with Gasteiger partial charge in [0.15, 0.2) is 0 Å². The van der Waals surface area contributed by atoms with Crippen LogP contribution in [0, 0.1) is 0 Å². The number of hydrogen-bond donors (Lipinski definition) is 1. The minimum atomic E-state index is 0.358. The number of fused-ring (bicyclic) bond motifs is 3. The lowest BCUT2D eigenvalue weighted by atomic mass is 9.91. The van der Waals surface area contributed by atoms with E-state index in [9.17, 15) is 5.11 Å². The third-order valence-corrected chi connectivity index (χ3v) is 3.31. The Morgan fingerprint density at radius 3 is 2.88 bits per heavy atom.